The Balaban J connectivity index is 2.52. The first-order valence-corrected chi connectivity index (χ1v) is 6.66. The molecule has 0 saturated carbocycles. The largest absolute Gasteiger partial charge is 0.320 e. The summed E-state index contributed by atoms with van der Waals surface area (Å²) in [5.41, 5.74) is 8.63. The van der Waals surface area contributed by atoms with Gasteiger partial charge in [-0.15, -0.1) is 0 Å². The highest BCUT2D eigenvalue weighted by molar-refractivity contribution is 9.10. The fourth-order valence-corrected chi connectivity index (χ4v) is 2.73. The quantitative estimate of drug-likeness (QED) is 0.870. The first kappa shape index (κ1) is 14.2. The minimum atomic E-state index is -0.687. The normalized spacial score (nSPS) is 12.5. The second-order valence-electron chi connectivity index (χ2n) is 4.66. The first-order valence-electron chi connectivity index (χ1n) is 5.86. The zero-order chi connectivity index (χ0) is 14.2. The van der Waals surface area contributed by atoms with Crippen molar-refractivity contribution in [1.82, 2.24) is 0 Å². The Labute approximate surface area is 119 Å². The highest BCUT2D eigenvalue weighted by atomic mass is 79.9. The molecule has 2 aromatic rings. The van der Waals surface area contributed by atoms with Gasteiger partial charge in [0.15, 0.2) is 0 Å². The molecule has 0 aliphatic rings. The standard InChI is InChI=1S/C15H14BrF2N/c1-8-3-9(2)14(13(18)4-8)15(19)10-5-11(16)7-12(17)6-10/h3-7,15H,19H2,1-2H3. The van der Waals surface area contributed by atoms with Crippen molar-refractivity contribution < 1.29 is 8.78 Å². The molecule has 0 radical (unpaired) electrons. The van der Waals surface area contributed by atoms with Crippen LogP contribution < -0.4 is 5.73 Å². The van der Waals surface area contributed by atoms with Gasteiger partial charge in [-0.25, -0.2) is 8.78 Å². The van der Waals surface area contributed by atoms with Crippen LogP contribution in [0.3, 0.4) is 0 Å². The summed E-state index contributed by atoms with van der Waals surface area (Å²) in [5, 5.41) is 0. The topological polar surface area (TPSA) is 26.0 Å². The van der Waals surface area contributed by atoms with Crippen LogP contribution in [0.4, 0.5) is 8.78 Å². The second-order valence-corrected chi connectivity index (χ2v) is 5.57. The van der Waals surface area contributed by atoms with Crippen molar-refractivity contribution in [3.63, 3.8) is 0 Å². The lowest BCUT2D eigenvalue weighted by Crippen LogP contribution is -2.15. The molecular weight excluding hydrogens is 312 g/mol. The zero-order valence-corrected chi connectivity index (χ0v) is 12.3. The molecule has 0 aliphatic heterocycles. The maximum absolute atomic E-state index is 14.1. The zero-order valence-electron chi connectivity index (χ0n) is 10.7. The predicted molar refractivity (Wildman–Crippen MR) is 76.0 cm³/mol. The van der Waals surface area contributed by atoms with E-state index in [1.165, 1.54) is 18.2 Å². The SMILES string of the molecule is Cc1cc(C)c(C(N)c2cc(F)cc(Br)c2)c(F)c1. The number of rotatable bonds is 2. The van der Waals surface area contributed by atoms with Crippen LogP contribution in [0.2, 0.25) is 0 Å². The van der Waals surface area contributed by atoms with Gasteiger partial charge in [0.2, 0.25) is 0 Å². The minimum Gasteiger partial charge on any atom is -0.320 e. The average molecular weight is 326 g/mol. The highest BCUT2D eigenvalue weighted by Crippen LogP contribution is 2.28. The third-order valence-corrected chi connectivity index (χ3v) is 3.49. The van der Waals surface area contributed by atoms with Crippen molar-refractivity contribution in [2.75, 3.05) is 0 Å². The molecule has 2 N–H and O–H groups in total. The maximum atomic E-state index is 14.1. The van der Waals surface area contributed by atoms with Gasteiger partial charge >= 0.3 is 0 Å². The summed E-state index contributed by atoms with van der Waals surface area (Å²) in [6.07, 6.45) is 0. The highest BCUT2D eigenvalue weighted by Gasteiger charge is 2.17. The molecule has 100 valence electrons. The summed E-state index contributed by atoms with van der Waals surface area (Å²) >= 11 is 3.21. The van der Waals surface area contributed by atoms with E-state index in [1.807, 2.05) is 13.0 Å². The predicted octanol–water partition coefficient (Wildman–Crippen LogP) is 4.39. The van der Waals surface area contributed by atoms with E-state index in [-0.39, 0.29) is 5.82 Å². The Morgan fingerprint density at radius 3 is 2.32 bits per heavy atom. The molecule has 1 atom stereocenters. The molecule has 2 rings (SSSR count). The smallest absolute Gasteiger partial charge is 0.128 e. The van der Waals surface area contributed by atoms with Gasteiger partial charge < -0.3 is 5.73 Å². The molecular formula is C15H14BrF2N. The molecule has 19 heavy (non-hydrogen) atoms. The third-order valence-electron chi connectivity index (χ3n) is 3.04. The van der Waals surface area contributed by atoms with Crippen molar-refractivity contribution >= 4 is 15.9 Å². The van der Waals surface area contributed by atoms with E-state index in [1.54, 1.807) is 13.0 Å². The van der Waals surface area contributed by atoms with Gasteiger partial charge in [0.1, 0.15) is 11.6 Å². The lowest BCUT2D eigenvalue weighted by Gasteiger charge is -2.17. The molecule has 1 nitrogen and oxygen atoms in total. The molecule has 0 aliphatic carbocycles. The summed E-state index contributed by atoms with van der Waals surface area (Å²) in [6.45, 7) is 3.63. The number of hydrogen-bond donors (Lipinski definition) is 1. The Morgan fingerprint density at radius 1 is 1.05 bits per heavy atom. The fraction of sp³-hybridized carbons (Fsp3) is 0.200. The van der Waals surface area contributed by atoms with E-state index < -0.39 is 11.9 Å². The van der Waals surface area contributed by atoms with Crippen molar-refractivity contribution in [2.45, 2.75) is 19.9 Å². The second kappa shape index (κ2) is 5.39. The van der Waals surface area contributed by atoms with Crippen LogP contribution in [0.5, 0.6) is 0 Å². The molecule has 0 bridgehead atoms. The molecule has 0 fully saturated rings. The first-order chi connectivity index (χ1) is 8.88. The number of hydrogen-bond acceptors (Lipinski definition) is 1. The van der Waals surface area contributed by atoms with E-state index >= 15 is 0 Å². The van der Waals surface area contributed by atoms with E-state index in [2.05, 4.69) is 15.9 Å². The summed E-state index contributed by atoms with van der Waals surface area (Å²) in [5.74, 6) is -0.754. The van der Waals surface area contributed by atoms with Gasteiger partial charge in [-0.3, -0.25) is 0 Å². The van der Waals surface area contributed by atoms with Crippen LogP contribution in [0, 0.1) is 25.5 Å². The number of halogens is 3. The van der Waals surface area contributed by atoms with E-state index in [0.717, 1.165) is 11.1 Å². The van der Waals surface area contributed by atoms with Crippen LogP contribution in [0.25, 0.3) is 0 Å². The van der Waals surface area contributed by atoms with Crippen molar-refractivity contribution in [2.24, 2.45) is 5.73 Å². The molecule has 2 aromatic carbocycles. The lowest BCUT2D eigenvalue weighted by molar-refractivity contribution is 0.592. The van der Waals surface area contributed by atoms with Gasteiger partial charge in [-0.1, -0.05) is 22.0 Å². The van der Waals surface area contributed by atoms with E-state index in [0.29, 0.717) is 15.6 Å². The van der Waals surface area contributed by atoms with E-state index in [4.69, 9.17) is 5.73 Å². The average Bonchev–Trinajstić information content (AvgIpc) is 2.25. The molecule has 4 heteroatoms. The number of aryl methyl sites for hydroxylation is 2. The van der Waals surface area contributed by atoms with Crippen LogP contribution in [0.1, 0.15) is 28.3 Å². The molecule has 0 amide bonds. The minimum absolute atomic E-state index is 0.356. The summed E-state index contributed by atoms with van der Waals surface area (Å²) in [7, 11) is 0. The van der Waals surface area contributed by atoms with Crippen LogP contribution in [-0.4, -0.2) is 0 Å². The molecule has 0 aromatic heterocycles. The van der Waals surface area contributed by atoms with Crippen molar-refractivity contribution in [1.29, 1.82) is 0 Å². The van der Waals surface area contributed by atoms with Crippen molar-refractivity contribution in [3.05, 3.63) is 68.7 Å². The molecule has 1 unspecified atom stereocenters. The van der Waals surface area contributed by atoms with Crippen LogP contribution in [0.15, 0.2) is 34.8 Å². The lowest BCUT2D eigenvalue weighted by atomic mass is 9.94. The number of nitrogens with two attached hydrogens (primary N) is 1. The van der Waals surface area contributed by atoms with Gasteiger partial charge in [-0.05, 0) is 54.8 Å². The Kier molecular flexibility index (Phi) is 4.02. The Bertz CT molecular complexity index is 582. The molecule has 0 saturated heterocycles. The summed E-state index contributed by atoms with van der Waals surface area (Å²) in [6, 6.07) is 6.99. The Hall–Kier alpha value is -1.26. The third kappa shape index (κ3) is 3.01. The van der Waals surface area contributed by atoms with Gasteiger partial charge in [0, 0.05) is 10.0 Å². The van der Waals surface area contributed by atoms with Crippen molar-refractivity contribution in [3.8, 4) is 0 Å². The molecule has 0 spiro atoms. The Morgan fingerprint density at radius 2 is 1.74 bits per heavy atom. The van der Waals surface area contributed by atoms with Gasteiger partial charge in [-0.2, -0.15) is 0 Å². The fourth-order valence-electron chi connectivity index (χ4n) is 2.24. The summed E-state index contributed by atoms with van der Waals surface area (Å²) in [4.78, 5) is 0. The van der Waals surface area contributed by atoms with Crippen LogP contribution >= 0.6 is 15.9 Å². The summed E-state index contributed by atoms with van der Waals surface area (Å²) < 4.78 is 28.0. The van der Waals surface area contributed by atoms with Crippen LogP contribution in [-0.2, 0) is 0 Å². The number of benzene rings is 2. The maximum Gasteiger partial charge on any atom is 0.128 e. The van der Waals surface area contributed by atoms with Gasteiger partial charge in [0.05, 0.1) is 6.04 Å². The molecule has 0 heterocycles. The van der Waals surface area contributed by atoms with E-state index in [9.17, 15) is 8.78 Å². The van der Waals surface area contributed by atoms with Gasteiger partial charge in [0.25, 0.3) is 0 Å². The monoisotopic (exact) mass is 325 g/mol.